The van der Waals surface area contributed by atoms with E-state index in [-0.39, 0.29) is 12.0 Å². The van der Waals surface area contributed by atoms with Gasteiger partial charge in [-0.25, -0.2) is 0 Å². The molecule has 0 spiro atoms. The fourth-order valence-electron chi connectivity index (χ4n) is 2.19. The fraction of sp³-hybridized carbons (Fsp3) is 0.917. The predicted molar refractivity (Wildman–Crippen MR) is 60.8 cm³/mol. The first-order valence-electron chi connectivity index (χ1n) is 5.90. The Bertz CT molecular complexity index is 230. The Morgan fingerprint density at radius 1 is 1.33 bits per heavy atom. The van der Waals surface area contributed by atoms with Crippen molar-refractivity contribution in [3.63, 3.8) is 0 Å². The van der Waals surface area contributed by atoms with Crippen molar-refractivity contribution in [1.29, 1.82) is 0 Å². The summed E-state index contributed by atoms with van der Waals surface area (Å²) in [5.41, 5.74) is 0. The van der Waals surface area contributed by atoms with Crippen molar-refractivity contribution in [2.45, 2.75) is 40.2 Å². The molecule has 88 valence electrons. The number of hydrogen-bond donors (Lipinski definition) is 1. The summed E-state index contributed by atoms with van der Waals surface area (Å²) >= 11 is 0. The third kappa shape index (κ3) is 2.94. The van der Waals surface area contributed by atoms with Gasteiger partial charge in [0.2, 0.25) is 0 Å². The molecule has 4 unspecified atom stereocenters. The molecule has 1 N–H and O–H groups in total. The van der Waals surface area contributed by atoms with Gasteiger partial charge in [-0.05, 0) is 31.7 Å². The second kappa shape index (κ2) is 4.97. The first-order valence-corrected chi connectivity index (χ1v) is 5.90. The summed E-state index contributed by atoms with van der Waals surface area (Å²) in [4.78, 5) is 13.2. The molecule has 3 heteroatoms. The highest BCUT2D eigenvalue weighted by atomic mass is 16.4. The molecule has 1 rings (SSSR count). The lowest BCUT2D eigenvalue weighted by Crippen LogP contribution is -2.47. The van der Waals surface area contributed by atoms with Gasteiger partial charge in [0, 0.05) is 12.6 Å². The van der Waals surface area contributed by atoms with Crippen LogP contribution in [-0.4, -0.2) is 35.1 Å². The molecule has 0 aromatic carbocycles. The van der Waals surface area contributed by atoms with Crippen LogP contribution < -0.4 is 0 Å². The molecular weight excluding hydrogens is 190 g/mol. The van der Waals surface area contributed by atoms with Crippen LogP contribution in [0.15, 0.2) is 0 Å². The Balaban J connectivity index is 2.54. The molecule has 1 fully saturated rings. The van der Waals surface area contributed by atoms with Crippen molar-refractivity contribution < 1.29 is 9.90 Å². The lowest BCUT2D eigenvalue weighted by Gasteiger charge is -2.40. The maximum Gasteiger partial charge on any atom is 0.307 e. The molecule has 1 heterocycles. The monoisotopic (exact) mass is 213 g/mol. The third-order valence-corrected chi connectivity index (χ3v) is 4.05. The van der Waals surface area contributed by atoms with Crippen LogP contribution >= 0.6 is 0 Å². The first-order chi connectivity index (χ1) is 6.93. The molecule has 0 radical (unpaired) electrons. The van der Waals surface area contributed by atoms with Crippen LogP contribution in [0.5, 0.6) is 0 Å². The predicted octanol–water partition coefficient (Wildman–Crippen LogP) is 2.07. The average molecular weight is 213 g/mol. The molecule has 0 aromatic rings. The number of piperidine rings is 1. The van der Waals surface area contributed by atoms with Crippen LogP contribution in [0.2, 0.25) is 0 Å². The van der Waals surface area contributed by atoms with Crippen LogP contribution in [0.3, 0.4) is 0 Å². The van der Waals surface area contributed by atoms with E-state index in [1.165, 1.54) is 6.42 Å². The van der Waals surface area contributed by atoms with Gasteiger partial charge in [-0.15, -0.1) is 0 Å². The van der Waals surface area contributed by atoms with Gasteiger partial charge in [0.15, 0.2) is 0 Å². The summed E-state index contributed by atoms with van der Waals surface area (Å²) < 4.78 is 0. The molecule has 0 amide bonds. The number of carbonyl (C=O) groups is 1. The number of rotatable bonds is 3. The van der Waals surface area contributed by atoms with E-state index in [1.807, 2.05) is 6.92 Å². The van der Waals surface area contributed by atoms with Gasteiger partial charge in [-0.2, -0.15) is 0 Å². The number of carboxylic acids is 1. The number of hydrogen-bond acceptors (Lipinski definition) is 2. The van der Waals surface area contributed by atoms with Crippen LogP contribution in [0.1, 0.15) is 34.1 Å². The maximum absolute atomic E-state index is 10.9. The van der Waals surface area contributed by atoms with E-state index in [0.29, 0.717) is 5.92 Å². The average Bonchev–Trinajstić information content (AvgIpc) is 2.19. The van der Waals surface area contributed by atoms with E-state index < -0.39 is 5.97 Å². The Labute approximate surface area is 92.5 Å². The first kappa shape index (κ1) is 12.5. The number of nitrogens with zero attached hydrogens (tertiary/aromatic N) is 1. The maximum atomic E-state index is 10.9. The SMILES string of the molecule is CC1CCN(C(C)C(C)C(=O)O)CC1C. The highest BCUT2D eigenvalue weighted by molar-refractivity contribution is 5.70. The van der Waals surface area contributed by atoms with E-state index >= 15 is 0 Å². The van der Waals surface area contributed by atoms with Gasteiger partial charge in [0.1, 0.15) is 0 Å². The highest BCUT2D eigenvalue weighted by Gasteiger charge is 2.30. The topological polar surface area (TPSA) is 40.5 Å². The molecule has 4 atom stereocenters. The van der Waals surface area contributed by atoms with Gasteiger partial charge in [-0.1, -0.05) is 20.8 Å². The van der Waals surface area contributed by atoms with Crippen molar-refractivity contribution in [3.05, 3.63) is 0 Å². The molecule has 1 aliphatic heterocycles. The highest BCUT2D eigenvalue weighted by Crippen LogP contribution is 2.25. The summed E-state index contributed by atoms with van der Waals surface area (Å²) in [5, 5.41) is 8.97. The number of carboxylic acid groups (broad SMARTS) is 1. The van der Waals surface area contributed by atoms with Crippen molar-refractivity contribution >= 4 is 5.97 Å². The zero-order valence-electron chi connectivity index (χ0n) is 10.2. The lowest BCUT2D eigenvalue weighted by molar-refractivity contribution is -0.143. The zero-order valence-corrected chi connectivity index (χ0v) is 10.2. The van der Waals surface area contributed by atoms with Crippen molar-refractivity contribution in [2.75, 3.05) is 13.1 Å². The molecular formula is C12H23NO2. The Morgan fingerprint density at radius 2 is 1.93 bits per heavy atom. The molecule has 1 saturated heterocycles. The number of aliphatic carboxylic acids is 1. The van der Waals surface area contributed by atoms with Gasteiger partial charge in [0.05, 0.1) is 5.92 Å². The van der Waals surface area contributed by atoms with E-state index in [9.17, 15) is 4.79 Å². The quantitative estimate of drug-likeness (QED) is 0.780. The van der Waals surface area contributed by atoms with Gasteiger partial charge >= 0.3 is 5.97 Å². The molecule has 1 aliphatic rings. The summed E-state index contributed by atoms with van der Waals surface area (Å²) in [6, 6.07) is 0.150. The lowest BCUT2D eigenvalue weighted by atomic mass is 9.87. The molecule has 0 saturated carbocycles. The van der Waals surface area contributed by atoms with Crippen molar-refractivity contribution in [2.24, 2.45) is 17.8 Å². The Hall–Kier alpha value is -0.570. The second-order valence-corrected chi connectivity index (χ2v) is 5.11. The van der Waals surface area contributed by atoms with Crippen molar-refractivity contribution in [1.82, 2.24) is 4.90 Å². The summed E-state index contributed by atoms with van der Waals surface area (Å²) in [5.74, 6) is 0.496. The van der Waals surface area contributed by atoms with Crippen LogP contribution in [-0.2, 0) is 4.79 Å². The minimum Gasteiger partial charge on any atom is -0.481 e. The van der Waals surface area contributed by atoms with Gasteiger partial charge in [-0.3, -0.25) is 9.69 Å². The summed E-state index contributed by atoms with van der Waals surface area (Å²) in [6.07, 6.45) is 1.19. The third-order valence-electron chi connectivity index (χ3n) is 4.05. The molecule has 15 heavy (non-hydrogen) atoms. The summed E-state index contributed by atoms with van der Waals surface area (Å²) in [6.45, 7) is 10.5. The minimum absolute atomic E-state index is 0.150. The molecule has 0 aliphatic carbocycles. The van der Waals surface area contributed by atoms with E-state index in [1.54, 1.807) is 6.92 Å². The minimum atomic E-state index is -0.686. The second-order valence-electron chi connectivity index (χ2n) is 5.11. The smallest absolute Gasteiger partial charge is 0.307 e. The standard InChI is InChI=1S/C12H23NO2/c1-8-5-6-13(7-9(8)2)11(4)10(3)12(14)15/h8-11H,5-7H2,1-4H3,(H,14,15). The van der Waals surface area contributed by atoms with Crippen LogP contribution in [0, 0.1) is 17.8 Å². The van der Waals surface area contributed by atoms with Gasteiger partial charge < -0.3 is 5.11 Å². The largest absolute Gasteiger partial charge is 0.481 e. The molecule has 3 nitrogen and oxygen atoms in total. The Kier molecular flexibility index (Phi) is 4.14. The van der Waals surface area contributed by atoms with Crippen molar-refractivity contribution in [3.8, 4) is 0 Å². The van der Waals surface area contributed by atoms with Gasteiger partial charge in [0.25, 0.3) is 0 Å². The number of likely N-dealkylation sites (tertiary alicyclic amines) is 1. The van der Waals surface area contributed by atoms with Crippen LogP contribution in [0.25, 0.3) is 0 Å². The fourth-order valence-corrected chi connectivity index (χ4v) is 2.19. The molecule has 0 bridgehead atoms. The van der Waals surface area contributed by atoms with Crippen LogP contribution in [0.4, 0.5) is 0 Å². The van der Waals surface area contributed by atoms with E-state index in [2.05, 4.69) is 18.7 Å². The molecule has 0 aromatic heterocycles. The Morgan fingerprint density at radius 3 is 2.40 bits per heavy atom. The zero-order chi connectivity index (χ0) is 11.6. The normalized spacial score (nSPS) is 32.3. The van der Waals surface area contributed by atoms with E-state index in [4.69, 9.17) is 5.11 Å². The summed E-state index contributed by atoms with van der Waals surface area (Å²) in [7, 11) is 0. The van der Waals surface area contributed by atoms with E-state index in [0.717, 1.165) is 19.0 Å².